The number of aromatic nitrogens is 2. The molecule has 2 aliphatic carbocycles. The third-order valence-electron chi connectivity index (χ3n) is 10.7. The first kappa shape index (κ1) is 34.6. The SMILES string of the molecule is COC1/C=C/CC(C)C(C)S(=O)NC(=O)c2ccc3c(c2)N(CC2CCC21)C[C@@]1(CCCc2cc(Cl)ccc21)CO3.Cc1nnc(C)o1. The van der Waals surface area contributed by atoms with Crippen LogP contribution in [-0.2, 0) is 27.6 Å². The number of hydrogen-bond acceptors (Lipinski definition) is 8. The maximum Gasteiger partial charge on any atom is 0.263 e. The molecule has 2 aliphatic heterocycles. The summed E-state index contributed by atoms with van der Waals surface area (Å²) < 4.78 is 33.4. The number of carbonyl (C=O) groups excluding carboxylic acids is 1. The standard InChI is InChI=1S/C33H41ClN2O4S.C4H6N2O/c1-21-6-4-8-30(39-3)27-12-9-25(27)18-36-19-33(15-5-7-23-16-26(34)11-13-28(23)33)20-40-31-14-10-24(17-29(31)36)32(37)35-41(38)22(21)2;1-3-5-6-4(2)7-3/h4,8,10-11,13-14,16-17,21-22,25,27,30H,5-7,9,12,15,18-20H2,1-3H3,(H,35,37);1-2H3/b8-4+;/t21?,22?,25?,27?,30?,33-,41?;/m0./s1. The van der Waals surface area contributed by atoms with Gasteiger partial charge in [0.05, 0.1) is 23.6 Å². The molecule has 6 unspecified atom stereocenters. The van der Waals surface area contributed by atoms with Crippen LogP contribution in [-0.4, -0.2) is 58.5 Å². The van der Waals surface area contributed by atoms with Crippen molar-refractivity contribution in [2.45, 2.75) is 83.0 Å². The molecular formula is C37H47ClN4O5S. The fourth-order valence-corrected chi connectivity index (χ4v) is 8.87. The van der Waals surface area contributed by atoms with Gasteiger partial charge in [-0.3, -0.25) is 9.52 Å². The van der Waals surface area contributed by atoms with E-state index in [9.17, 15) is 9.00 Å². The van der Waals surface area contributed by atoms with Crippen molar-refractivity contribution in [3.05, 3.63) is 82.0 Å². The van der Waals surface area contributed by atoms with Crippen molar-refractivity contribution in [2.24, 2.45) is 17.8 Å². The zero-order valence-electron chi connectivity index (χ0n) is 28.5. The number of benzene rings is 2. The second-order valence-corrected chi connectivity index (χ2v) is 15.9. The van der Waals surface area contributed by atoms with E-state index in [0.29, 0.717) is 35.8 Å². The molecule has 1 spiro atoms. The molecule has 1 amide bonds. The lowest BCUT2D eigenvalue weighted by atomic mass is 9.68. The van der Waals surface area contributed by atoms with Crippen LogP contribution in [0.3, 0.4) is 0 Å². The second-order valence-electron chi connectivity index (χ2n) is 13.9. The number of halogens is 1. The summed E-state index contributed by atoms with van der Waals surface area (Å²) >= 11 is 6.41. The Morgan fingerprint density at radius 1 is 1.10 bits per heavy atom. The van der Waals surface area contributed by atoms with Gasteiger partial charge in [-0.05, 0) is 105 Å². The Morgan fingerprint density at radius 3 is 2.58 bits per heavy atom. The van der Waals surface area contributed by atoms with Gasteiger partial charge in [0.2, 0.25) is 11.8 Å². The van der Waals surface area contributed by atoms with Crippen LogP contribution in [0.25, 0.3) is 0 Å². The molecule has 1 saturated carbocycles. The minimum absolute atomic E-state index is 0.0508. The van der Waals surface area contributed by atoms with Crippen molar-refractivity contribution in [3.63, 3.8) is 0 Å². The highest BCUT2D eigenvalue weighted by molar-refractivity contribution is 7.84. The van der Waals surface area contributed by atoms with E-state index in [1.54, 1.807) is 27.0 Å². The molecule has 0 radical (unpaired) electrons. The third-order valence-corrected chi connectivity index (χ3v) is 12.5. The number of hydrogen-bond donors (Lipinski definition) is 1. The van der Waals surface area contributed by atoms with E-state index in [1.165, 1.54) is 11.1 Å². The van der Waals surface area contributed by atoms with Gasteiger partial charge in [-0.15, -0.1) is 10.2 Å². The van der Waals surface area contributed by atoms with Gasteiger partial charge >= 0.3 is 0 Å². The molecule has 9 nitrogen and oxygen atoms in total. The van der Waals surface area contributed by atoms with Crippen molar-refractivity contribution in [3.8, 4) is 5.75 Å². The molecule has 48 heavy (non-hydrogen) atoms. The number of aryl methyl sites for hydroxylation is 3. The van der Waals surface area contributed by atoms with Gasteiger partial charge < -0.3 is 18.8 Å². The predicted molar refractivity (Wildman–Crippen MR) is 189 cm³/mol. The number of fused-ring (bicyclic) bond motifs is 4. The maximum absolute atomic E-state index is 13.3. The quantitative estimate of drug-likeness (QED) is 0.274. The molecule has 0 saturated heterocycles. The molecule has 1 N–H and O–H groups in total. The molecule has 3 aromatic rings. The molecule has 4 aliphatic rings. The summed E-state index contributed by atoms with van der Waals surface area (Å²) in [6.45, 7) is 9.80. The van der Waals surface area contributed by atoms with E-state index in [1.807, 2.05) is 25.1 Å². The first-order valence-electron chi connectivity index (χ1n) is 17.1. The molecule has 3 heterocycles. The maximum atomic E-state index is 13.3. The number of carbonyl (C=O) groups is 1. The van der Waals surface area contributed by atoms with E-state index in [2.05, 4.69) is 51.0 Å². The van der Waals surface area contributed by atoms with Crippen LogP contribution in [0.5, 0.6) is 5.75 Å². The number of ether oxygens (including phenoxy) is 2. The number of nitrogens with zero attached hydrogens (tertiary/aromatic N) is 3. The number of amides is 1. The van der Waals surface area contributed by atoms with Gasteiger partial charge in [-0.25, -0.2) is 4.21 Å². The normalized spacial score (nSPS) is 30.7. The van der Waals surface area contributed by atoms with Crippen molar-refractivity contribution in [2.75, 3.05) is 31.7 Å². The minimum Gasteiger partial charge on any atom is -0.490 e. The van der Waals surface area contributed by atoms with E-state index < -0.39 is 11.0 Å². The monoisotopic (exact) mass is 694 g/mol. The molecule has 7 atom stereocenters. The fourth-order valence-electron chi connectivity index (χ4n) is 7.66. The summed E-state index contributed by atoms with van der Waals surface area (Å²) in [6.07, 6.45) is 10.6. The highest BCUT2D eigenvalue weighted by Crippen LogP contribution is 2.47. The Bertz CT molecular complexity index is 1660. The summed E-state index contributed by atoms with van der Waals surface area (Å²) in [4.78, 5) is 15.8. The van der Waals surface area contributed by atoms with Gasteiger partial charge in [0, 0.05) is 50.0 Å². The van der Waals surface area contributed by atoms with E-state index in [4.69, 9.17) is 25.5 Å². The van der Waals surface area contributed by atoms with Crippen LogP contribution in [0, 0.1) is 31.6 Å². The molecule has 2 bridgehead atoms. The van der Waals surface area contributed by atoms with E-state index >= 15 is 0 Å². The highest BCUT2D eigenvalue weighted by atomic mass is 35.5. The van der Waals surface area contributed by atoms with Gasteiger partial charge in [0.1, 0.15) is 16.7 Å². The lowest BCUT2D eigenvalue weighted by molar-refractivity contribution is 0.0131. The average molecular weight is 695 g/mol. The molecule has 1 aromatic heterocycles. The summed E-state index contributed by atoms with van der Waals surface area (Å²) in [6, 6.07) is 12.0. The van der Waals surface area contributed by atoms with Crippen LogP contribution in [0.1, 0.15) is 79.2 Å². The number of nitrogens with one attached hydrogen (secondary N) is 1. The number of allylic oxidation sites excluding steroid dienone is 1. The number of rotatable bonds is 1. The van der Waals surface area contributed by atoms with Crippen LogP contribution in [0.4, 0.5) is 5.69 Å². The topological polar surface area (TPSA) is 107 Å². The third kappa shape index (κ3) is 7.36. The smallest absolute Gasteiger partial charge is 0.263 e. The first-order valence-corrected chi connectivity index (χ1v) is 18.6. The Hall–Kier alpha value is -3.21. The summed E-state index contributed by atoms with van der Waals surface area (Å²) in [5.41, 5.74) is 3.90. The zero-order valence-corrected chi connectivity index (χ0v) is 30.1. The van der Waals surface area contributed by atoms with Crippen LogP contribution >= 0.6 is 11.6 Å². The van der Waals surface area contributed by atoms with Gasteiger partial charge in [0.25, 0.3) is 5.91 Å². The lowest BCUT2D eigenvalue weighted by Crippen LogP contribution is -2.49. The van der Waals surface area contributed by atoms with Crippen molar-refractivity contribution >= 4 is 34.2 Å². The largest absolute Gasteiger partial charge is 0.490 e. The molecular weight excluding hydrogens is 648 g/mol. The Kier molecular flexibility index (Phi) is 10.6. The molecule has 1 fully saturated rings. The van der Waals surface area contributed by atoms with Crippen LogP contribution in [0.15, 0.2) is 53.0 Å². The van der Waals surface area contributed by atoms with Crippen LogP contribution in [0.2, 0.25) is 5.02 Å². The van der Waals surface area contributed by atoms with Gasteiger partial charge in [-0.1, -0.05) is 36.7 Å². The Balaban J connectivity index is 0.000000510. The first-order chi connectivity index (χ1) is 23.1. The van der Waals surface area contributed by atoms with Crippen molar-refractivity contribution in [1.29, 1.82) is 0 Å². The predicted octanol–water partition coefficient (Wildman–Crippen LogP) is 6.92. The fraction of sp³-hybridized carbons (Fsp3) is 0.541. The van der Waals surface area contributed by atoms with E-state index in [0.717, 1.165) is 68.1 Å². The van der Waals surface area contributed by atoms with Crippen LogP contribution < -0.4 is 14.4 Å². The number of methoxy groups -OCH3 is 1. The minimum atomic E-state index is -1.50. The second kappa shape index (κ2) is 14.7. The Morgan fingerprint density at radius 2 is 1.90 bits per heavy atom. The van der Waals surface area contributed by atoms with E-state index in [-0.39, 0.29) is 28.6 Å². The van der Waals surface area contributed by atoms with Gasteiger partial charge in [-0.2, -0.15) is 0 Å². The lowest BCUT2D eigenvalue weighted by Gasteiger charge is -2.46. The molecule has 7 rings (SSSR count). The highest BCUT2D eigenvalue weighted by Gasteiger charge is 2.44. The summed E-state index contributed by atoms with van der Waals surface area (Å²) in [5, 5.41) is 7.79. The average Bonchev–Trinajstić information content (AvgIpc) is 3.37. The number of anilines is 1. The summed E-state index contributed by atoms with van der Waals surface area (Å²) in [5.74, 6) is 2.77. The molecule has 258 valence electrons. The Labute approximate surface area is 291 Å². The van der Waals surface area contributed by atoms with Crippen molar-refractivity contribution in [1.82, 2.24) is 14.9 Å². The summed E-state index contributed by atoms with van der Waals surface area (Å²) in [7, 11) is 0.305. The molecule has 11 heteroatoms. The van der Waals surface area contributed by atoms with Crippen molar-refractivity contribution < 1.29 is 22.9 Å². The molecule has 2 aromatic carbocycles. The van der Waals surface area contributed by atoms with Gasteiger partial charge in [0.15, 0.2) is 0 Å². The zero-order chi connectivity index (χ0) is 34.0.